The van der Waals surface area contributed by atoms with Crippen LogP contribution in [0.15, 0.2) is 29.2 Å². The standard InChI is InChI=1S/C19H29N3O4S/c1-14-5-7-16(8-6-14)27(25,26)22-11-9-15(10-12-22)21-17(23)13-20-18(24)19(2,3)4/h5-8,15H,9-13H2,1-4H3,(H,20,24)(H,21,23). The monoisotopic (exact) mass is 395 g/mol. The highest BCUT2D eigenvalue weighted by Gasteiger charge is 2.30. The van der Waals surface area contributed by atoms with E-state index >= 15 is 0 Å². The number of amides is 2. The van der Waals surface area contributed by atoms with Crippen LogP contribution in [0.3, 0.4) is 0 Å². The average Bonchev–Trinajstić information content (AvgIpc) is 2.59. The fourth-order valence-electron chi connectivity index (χ4n) is 2.80. The van der Waals surface area contributed by atoms with Gasteiger partial charge in [0.25, 0.3) is 0 Å². The molecule has 2 amide bonds. The Morgan fingerprint density at radius 3 is 2.19 bits per heavy atom. The molecule has 0 saturated carbocycles. The second-order valence-corrected chi connectivity index (χ2v) is 9.93. The van der Waals surface area contributed by atoms with E-state index in [-0.39, 0.29) is 24.4 Å². The van der Waals surface area contributed by atoms with Crippen LogP contribution in [0.5, 0.6) is 0 Å². The maximum atomic E-state index is 12.7. The van der Waals surface area contributed by atoms with Gasteiger partial charge < -0.3 is 10.6 Å². The van der Waals surface area contributed by atoms with Crippen molar-refractivity contribution in [2.75, 3.05) is 19.6 Å². The number of sulfonamides is 1. The van der Waals surface area contributed by atoms with Crippen LogP contribution in [-0.2, 0) is 19.6 Å². The molecule has 1 aromatic rings. The Morgan fingerprint density at radius 1 is 1.11 bits per heavy atom. The molecule has 0 aromatic heterocycles. The lowest BCUT2D eigenvalue weighted by atomic mass is 9.96. The second-order valence-electron chi connectivity index (χ2n) is 7.99. The molecule has 27 heavy (non-hydrogen) atoms. The van der Waals surface area contributed by atoms with Crippen LogP contribution in [0.25, 0.3) is 0 Å². The number of piperidine rings is 1. The highest BCUT2D eigenvalue weighted by atomic mass is 32.2. The Kier molecular flexibility index (Phi) is 6.64. The minimum absolute atomic E-state index is 0.0714. The molecule has 0 radical (unpaired) electrons. The Hall–Kier alpha value is -1.93. The smallest absolute Gasteiger partial charge is 0.243 e. The van der Waals surface area contributed by atoms with E-state index in [9.17, 15) is 18.0 Å². The maximum absolute atomic E-state index is 12.7. The topological polar surface area (TPSA) is 95.6 Å². The normalized spacial score (nSPS) is 16.7. The van der Waals surface area contributed by atoms with Gasteiger partial charge in [-0.05, 0) is 31.9 Å². The molecule has 8 heteroatoms. The van der Waals surface area contributed by atoms with Gasteiger partial charge in [-0.25, -0.2) is 8.42 Å². The first-order chi connectivity index (χ1) is 12.5. The molecule has 0 bridgehead atoms. The van der Waals surface area contributed by atoms with Gasteiger partial charge in [0.05, 0.1) is 11.4 Å². The van der Waals surface area contributed by atoms with E-state index in [2.05, 4.69) is 10.6 Å². The molecule has 0 spiro atoms. The van der Waals surface area contributed by atoms with Gasteiger partial charge in [-0.1, -0.05) is 38.5 Å². The van der Waals surface area contributed by atoms with Crippen LogP contribution >= 0.6 is 0 Å². The highest BCUT2D eigenvalue weighted by Crippen LogP contribution is 2.21. The van der Waals surface area contributed by atoms with Gasteiger partial charge >= 0.3 is 0 Å². The zero-order valence-corrected chi connectivity index (χ0v) is 17.2. The molecule has 0 atom stereocenters. The van der Waals surface area contributed by atoms with Crippen LogP contribution in [0.2, 0.25) is 0 Å². The Balaban J connectivity index is 1.83. The number of nitrogens with zero attached hydrogens (tertiary/aromatic N) is 1. The number of carbonyl (C=O) groups excluding carboxylic acids is 2. The quantitative estimate of drug-likeness (QED) is 0.788. The minimum atomic E-state index is -3.50. The molecule has 1 saturated heterocycles. The predicted molar refractivity (Wildman–Crippen MR) is 104 cm³/mol. The fourth-order valence-corrected chi connectivity index (χ4v) is 4.27. The van der Waals surface area contributed by atoms with E-state index in [0.717, 1.165) is 5.56 Å². The summed E-state index contributed by atoms with van der Waals surface area (Å²) in [5, 5.41) is 5.48. The molecule has 150 valence electrons. The number of hydrogen-bond acceptors (Lipinski definition) is 4. The highest BCUT2D eigenvalue weighted by molar-refractivity contribution is 7.89. The summed E-state index contributed by atoms with van der Waals surface area (Å²) >= 11 is 0. The van der Waals surface area contributed by atoms with Crippen LogP contribution in [0.1, 0.15) is 39.2 Å². The summed E-state index contributed by atoms with van der Waals surface area (Å²) in [5.41, 5.74) is 0.463. The van der Waals surface area contributed by atoms with Crippen LogP contribution < -0.4 is 10.6 Å². The van der Waals surface area contributed by atoms with Gasteiger partial charge in [-0.2, -0.15) is 4.31 Å². The third kappa shape index (κ3) is 5.77. The van der Waals surface area contributed by atoms with E-state index in [1.165, 1.54) is 4.31 Å². The Bertz CT molecular complexity index is 774. The van der Waals surface area contributed by atoms with E-state index in [4.69, 9.17) is 0 Å². The summed E-state index contributed by atoms with van der Waals surface area (Å²) in [6.45, 7) is 7.90. The third-order valence-electron chi connectivity index (χ3n) is 4.57. The van der Waals surface area contributed by atoms with E-state index in [1.54, 1.807) is 45.0 Å². The summed E-state index contributed by atoms with van der Waals surface area (Å²) in [6.07, 6.45) is 1.09. The second kappa shape index (κ2) is 8.39. The van der Waals surface area contributed by atoms with Gasteiger partial charge in [0, 0.05) is 24.5 Å². The van der Waals surface area contributed by atoms with Crippen molar-refractivity contribution in [1.29, 1.82) is 0 Å². The van der Waals surface area contributed by atoms with Crippen LogP contribution in [0.4, 0.5) is 0 Å². The van der Waals surface area contributed by atoms with Crippen molar-refractivity contribution in [2.45, 2.75) is 51.5 Å². The van der Waals surface area contributed by atoms with Gasteiger partial charge in [0.2, 0.25) is 21.8 Å². The largest absolute Gasteiger partial charge is 0.352 e. The molecule has 0 aliphatic carbocycles. The van der Waals surface area contributed by atoms with Gasteiger partial charge in [-0.3, -0.25) is 9.59 Å². The van der Waals surface area contributed by atoms with E-state index in [1.807, 2.05) is 6.92 Å². The summed E-state index contributed by atoms with van der Waals surface area (Å²) in [7, 11) is -3.50. The van der Waals surface area contributed by atoms with Crippen molar-refractivity contribution < 1.29 is 18.0 Å². The van der Waals surface area contributed by atoms with Crippen molar-refractivity contribution in [3.8, 4) is 0 Å². The molecular weight excluding hydrogens is 366 g/mol. The van der Waals surface area contributed by atoms with Gasteiger partial charge in [0.1, 0.15) is 0 Å². The molecule has 1 aromatic carbocycles. The molecule has 1 aliphatic heterocycles. The summed E-state index contributed by atoms with van der Waals surface area (Å²) < 4.78 is 26.8. The number of rotatable bonds is 5. The van der Waals surface area contributed by atoms with Crippen molar-refractivity contribution in [3.63, 3.8) is 0 Å². The average molecular weight is 396 g/mol. The number of carbonyl (C=O) groups is 2. The molecular formula is C19H29N3O4S. The number of nitrogens with one attached hydrogen (secondary N) is 2. The third-order valence-corrected chi connectivity index (χ3v) is 6.48. The first-order valence-electron chi connectivity index (χ1n) is 9.14. The minimum Gasteiger partial charge on any atom is -0.352 e. The molecule has 1 aliphatic rings. The fraction of sp³-hybridized carbons (Fsp3) is 0.579. The zero-order chi connectivity index (χ0) is 20.2. The Morgan fingerprint density at radius 2 is 1.67 bits per heavy atom. The summed E-state index contributed by atoms with van der Waals surface area (Å²) in [4.78, 5) is 24.1. The molecule has 2 rings (SSSR count). The molecule has 1 fully saturated rings. The molecule has 1 heterocycles. The number of benzene rings is 1. The van der Waals surface area contributed by atoms with Crippen LogP contribution in [0, 0.1) is 12.3 Å². The molecule has 0 unspecified atom stereocenters. The first kappa shape index (κ1) is 21.4. The number of aryl methyl sites for hydroxylation is 1. The van der Waals surface area contributed by atoms with E-state index < -0.39 is 15.4 Å². The van der Waals surface area contributed by atoms with Gasteiger partial charge in [-0.15, -0.1) is 0 Å². The van der Waals surface area contributed by atoms with Gasteiger partial charge in [0.15, 0.2) is 0 Å². The molecule has 2 N–H and O–H groups in total. The lowest BCUT2D eigenvalue weighted by Crippen LogP contribution is -2.49. The van der Waals surface area contributed by atoms with Crippen LogP contribution in [-0.4, -0.2) is 50.2 Å². The SMILES string of the molecule is Cc1ccc(S(=O)(=O)N2CCC(NC(=O)CNC(=O)C(C)(C)C)CC2)cc1. The number of hydrogen-bond donors (Lipinski definition) is 2. The zero-order valence-electron chi connectivity index (χ0n) is 16.4. The van der Waals surface area contributed by atoms with E-state index in [0.29, 0.717) is 30.8 Å². The lowest BCUT2D eigenvalue weighted by Gasteiger charge is -2.31. The van der Waals surface area contributed by atoms with Crippen molar-refractivity contribution in [1.82, 2.24) is 14.9 Å². The predicted octanol–water partition coefficient (Wildman–Crippen LogP) is 1.43. The van der Waals surface area contributed by atoms with Crippen molar-refractivity contribution >= 4 is 21.8 Å². The lowest BCUT2D eigenvalue weighted by molar-refractivity contribution is -0.131. The summed E-state index contributed by atoms with van der Waals surface area (Å²) in [6, 6.07) is 6.72. The van der Waals surface area contributed by atoms with Crippen molar-refractivity contribution in [3.05, 3.63) is 29.8 Å². The Labute approximate surface area is 161 Å². The van der Waals surface area contributed by atoms with Crippen molar-refractivity contribution in [2.24, 2.45) is 5.41 Å². The summed E-state index contributed by atoms with van der Waals surface area (Å²) in [5.74, 6) is -0.441. The first-order valence-corrected chi connectivity index (χ1v) is 10.6. The molecule has 7 nitrogen and oxygen atoms in total. The maximum Gasteiger partial charge on any atom is 0.243 e.